The minimum absolute atomic E-state index is 0.0000672. The van der Waals surface area contributed by atoms with Crippen LogP contribution in [0.4, 0.5) is 5.69 Å². The Morgan fingerprint density at radius 3 is 2.43 bits per heavy atom. The first-order valence-corrected chi connectivity index (χ1v) is 11.6. The number of hydrogen-bond donors (Lipinski definition) is 1. The maximum atomic E-state index is 12.0. The van der Waals surface area contributed by atoms with Crippen LogP contribution in [0.25, 0.3) is 11.1 Å². The average Bonchev–Trinajstić information content (AvgIpc) is 2.86. The van der Waals surface area contributed by atoms with Gasteiger partial charge in [0.05, 0.1) is 29.9 Å². The fourth-order valence-electron chi connectivity index (χ4n) is 4.10. The summed E-state index contributed by atoms with van der Waals surface area (Å²) < 4.78 is 11.9. The molecular formula is C28H23ClN2O4. The number of aromatic carboxylic acids is 1. The van der Waals surface area contributed by atoms with Crippen molar-refractivity contribution in [3.05, 3.63) is 107 Å². The van der Waals surface area contributed by atoms with E-state index in [1.54, 1.807) is 18.5 Å². The van der Waals surface area contributed by atoms with Crippen LogP contribution in [0.5, 0.6) is 11.5 Å². The Kier molecular flexibility index (Phi) is 6.55. The van der Waals surface area contributed by atoms with Crippen molar-refractivity contribution in [1.29, 1.82) is 0 Å². The highest BCUT2D eigenvalue weighted by atomic mass is 35.5. The standard InChI is InChI=1S/C28H23ClN2O4/c29-24-12-13-25(26(27(24)28(32)33)20-5-2-1-3-6-20)31-16-23(17-31)35-21-10-8-19(9-11-21)18-34-22-7-4-14-30-15-22/h1-15,23H,16-18H2,(H,32,33). The monoisotopic (exact) mass is 486 g/mol. The second-order valence-corrected chi connectivity index (χ2v) is 8.66. The number of carboxylic acid groups (broad SMARTS) is 1. The number of pyridine rings is 1. The van der Waals surface area contributed by atoms with Gasteiger partial charge < -0.3 is 19.5 Å². The summed E-state index contributed by atoms with van der Waals surface area (Å²) in [6, 6.07) is 24.5. The third kappa shape index (κ3) is 5.08. The molecule has 1 aliphatic rings. The smallest absolute Gasteiger partial charge is 0.337 e. The highest BCUT2D eigenvalue weighted by molar-refractivity contribution is 6.34. The number of hydrogen-bond acceptors (Lipinski definition) is 5. The third-order valence-corrected chi connectivity index (χ3v) is 6.18. The Bertz CT molecular complexity index is 1310. The van der Waals surface area contributed by atoms with E-state index in [2.05, 4.69) is 9.88 Å². The van der Waals surface area contributed by atoms with Crippen molar-refractivity contribution in [3.8, 4) is 22.6 Å². The lowest BCUT2D eigenvalue weighted by Crippen LogP contribution is -2.54. The van der Waals surface area contributed by atoms with Crippen LogP contribution in [0.15, 0.2) is 91.3 Å². The molecule has 176 valence electrons. The normalized spacial score (nSPS) is 13.2. The molecule has 1 fully saturated rings. The van der Waals surface area contributed by atoms with Crippen LogP contribution in [0.1, 0.15) is 15.9 Å². The van der Waals surface area contributed by atoms with E-state index in [1.807, 2.05) is 72.8 Å². The second kappa shape index (κ2) is 10.1. The van der Waals surface area contributed by atoms with Gasteiger partial charge in [0.2, 0.25) is 0 Å². The summed E-state index contributed by atoms with van der Waals surface area (Å²) in [4.78, 5) is 18.2. The molecule has 1 aromatic heterocycles. The van der Waals surface area contributed by atoms with Gasteiger partial charge in [0.25, 0.3) is 0 Å². The molecule has 35 heavy (non-hydrogen) atoms. The predicted molar refractivity (Wildman–Crippen MR) is 135 cm³/mol. The minimum Gasteiger partial charge on any atom is -0.487 e. The topological polar surface area (TPSA) is 71.9 Å². The molecule has 4 aromatic rings. The first kappa shape index (κ1) is 22.7. The number of anilines is 1. The molecule has 6 nitrogen and oxygen atoms in total. The Hall–Kier alpha value is -4.03. The number of carbonyl (C=O) groups is 1. The van der Waals surface area contributed by atoms with Crippen molar-refractivity contribution < 1.29 is 19.4 Å². The zero-order chi connectivity index (χ0) is 24.2. The molecular weight excluding hydrogens is 464 g/mol. The van der Waals surface area contributed by atoms with E-state index in [0.29, 0.717) is 25.3 Å². The number of rotatable bonds is 8. The fourth-order valence-corrected chi connectivity index (χ4v) is 4.34. The first-order chi connectivity index (χ1) is 17.1. The number of halogens is 1. The van der Waals surface area contributed by atoms with E-state index in [4.69, 9.17) is 21.1 Å². The fraction of sp³-hybridized carbons (Fsp3) is 0.143. The Balaban J connectivity index is 1.25. The van der Waals surface area contributed by atoms with Crippen LogP contribution in [0.2, 0.25) is 5.02 Å². The number of aromatic nitrogens is 1. The molecule has 1 saturated heterocycles. The van der Waals surface area contributed by atoms with Crippen LogP contribution in [-0.2, 0) is 6.61 Å². The van der Waals surface area contributed by atoms with Gasteiger partial charge in [0, 0.05) is 17.4 Å². The zero-order valence-electron chi connectivity index (χ0n) is 18.8. The van der Waals surface area contributed by atoms with Crippen LogP contribution < -0.4 is 14.4 Å². The Labute approximate surface area is 208 Å². The quantitative estimate of drug-likeness (QED) is 0.332. The summed E-state index contributed by atoms with van der Waals surface area (Å²) in [5.41, 5.74) is 3.42. The van der Waals surface area contributed by atoms with Crippen molar-refractivity contribution in [2.75, 3.05) is 18.0 Å². The number of ether oxygens (including phenoxy) is 2. The Morgan fingerprint density at radius 2 is 1.74 bits per heavy atom. The van der Waals surface area contributed by atoms with Crippen LogP contribution in [0.3, 0.4) is 0 Å². The van der Waals surface area contributed by atoms with Gasteiger partial charge in [0.15, 0.2) is 0 Å². The van der Waals surface area contributed by atoms with Crippen molar-refractivity contribution >= 4 is 23.3 Å². The summed E-state index contributed by atoms with van der Waals surface area (Å²) in [6.45, 7) is 1.74. The van der Waals surface area contributed by atoms with Crippen molar-refractivity contribution in [2.24, 2.45) is 0 Å². The van der Waals surface area contributed by atoms with Gasteiger partial charge in [-0.1, -0.05) is 54.1 Å². The molecule has 3 aromatic carbocycles. The molecule has 0 saturated carbocycles. The molecule has 0 aliphatic carbocycles. The van der Waals surface area contributed by atoms with E-state index in [1.165, 1.54) is 0 Å². The Morgan fingerprint density at radius 1 is 0.971 bits per heavy atom. The number of carboxylic acids is 1. The molecule has 0 bridgehead atoms. The lowest BCUT2D eigenvalue weighted by atomic mass is 9.95. The van der Waals surface area contributed by atoms with Gasteiger partial charge in [-0.3, -0.25) is 4.98 Å². The molecule has 7 heteroatoms. The van der Waals surface area contributed by atoms with E-state index in [-0.39, 0.29) is 16.7 Å². The van der Waals surface area contributed by atoms with Gasteiger partial charge in [-0.2, -0.15) is 0 Å². The summed E-state index contributed by atoms with van der Waals surface area (Å²) in [5.74, 6) is 0.465. The lowest BCUT2D eigenvalue weighted by Gasteiger charge is -2.42. The van der Waals surface area contributed by atoms with Crippen molar-refractivity contribution in [3.63, 3.8) is 0 Å². The van der Waals surface area contributed by atoms with Gasteiger partial charge in [-0.15, -0.1) is 0 Å². The molecule has 0 radical (unpaired) electrons. The molecule has 2 heterocycles. The summed E-state index contributed by atoms with van der Waals surface area (Å²) in [7, 11) is 0. The molecule has 0 atom stereocenters. The van der Waals surface area contributed by atoms with E-state index < -0.39 is 5.97 Å². The molecule has 0 amide bonds. The average molecular weight is 487 g/mol. The number of benzene rings is 3. The van der Waals surface area contributed by atoms with Gasteiger partial charge in [-0.05, 0) is 47.5 Å². The van der Waals surface area contributed by atoms with Crippen LogP contribution in [-0.4, -0.2) is 35.3 Å². The lowest BCUT2D eigenvalue weighted by molar-refractivity contribution is 0.0698. The molecule has 1 N–H and O–H groups in total. The zero-order valence-corrected chi connectivity index (χ0v) is 19.6. The first-order valence-electron chi connectivity index (χ1n) is 11.2. The summed E-state index contributed by atoms with van der Waals surface area (Å²) in [5, 5.41) is 10.1. The predicted octanol–water partition coefficient (Wildman–Crippen LogP) is 5.95. The minimum atomic E-state index is -1.04. The van der Waals surface area contributed by atoms with E-state index >= 15 is 0 Å². The second-order valence-electron chi connectivity index (χ2n) is 8.25. The van der Waals surface area contributed by atoms with Gasteiger partial charge in [-0.25, -0.2) is 4.79 Å². The summed E-state index contributed by atoms with van der Waals surface area (Å²) in [6.07, 6.45) is 3.39. The van der Waals surface area contributed by atoms with Gasteiger partial charge >= 0.3 is 5.97 Å². The highest BCUT2D eigenvalue weighted by Gasteiger charge is 2.32. The van der Waals surface area contributed by atoms with Crippen LogP contribution in [0, 0.1) is 0 Å². The van der Waals surface area contributed by atoms with Gasteiger partial charge in [0.1, 0.15) is 24.2 Å². The molecule has 5 rings (SSSR count). The molecule has 0 unspecified atom stereocenters. The number of nitrogens with zero attached hydrogens (tertiary/aromatic N) is 2. The largest absolute Gasteiger partial charge is 0.487 e. The van der Waals surface area contributed by atoms with E-state index in [0.717, 1.165) is 28.3 Å². The molecule has 0 spiro atoms. The SMILES string of the molecule is O=C(O)c1c(Cl)ccc(N2CC(Oc3ccc(COc4cccnc4)cc3)C2)c1-c1ccccc1. The summed E-state index contributed by atoms with van der Waals surface area (Å²) >= 11 is 6.28. The van der Waals surface area contributed by atoms with Crippen molar-refractivity contribution in [1.82, 2.24) is 4.98 Å². The third-order valence-electron chi connectivity index (χ3n) is 5.86. The maximum Gasteiger partial charge on any atom is 0.337 e. The molecule has 1 aliphatic heterocycles. The van der Waals surface area contributed by atoms with Crippen LogP contribution >= 0.6 is 11.6 Å². The highest BCUT2D eigenvalue weighted by Crippen LogP contribution is 2.40. The van der Waals surface area contributed by atoms with Crippen molar-refractivity contribution in [2.45, 2.75) is 12.7 Å². The van der Waals surface area contributed by atoms with E-state index in [9.17, 15) is 9.90 Å². The maximum absolute atomic E-state index is 12.0.